The molecular weight excluding hydrogens is 326 g/mol. The first kappa shape index (κ1) is 18.4. The third-order valence-corrected chi connectivity index (χ3v) is 4.01. The molecule has 8 heteroatoms. The fourth-order valence-electron chi connectivity index (χ4n) is 2.76. The molecule has 25 heavy (non-hydrogen) atoms. The van der Waals surface area contributed by atoms with Gasteiger partial charge in [-0.3, -0.25) is 9.59 Å². The molecule has 0 radical (unpaired) electrons. The topological polar surface area (TPSA) is 128 Å². The van der Waals surface area contributed by atoms with Gasteiger partial charge < -0.3 is 25.9 Å². The second-order valence-corrected chi connectivity index (χ2v) is 5.88. The minimum atomic E-state index is -1.15. The van der Waals surface area contributed by atoms with Crippen LogP contribution in [0.1, 0.15) is 18.4 Å². The van der Waals surface area contributed by atoms with Crippen LogP contribution >= 0.6 is 0 Å². The Morgan fingerprint density at radius 3 is 2.64 bits per heavy atom. The molecule has 3 atom stereocenters. The zero-order valence-electron chi connectivity index (χ0n) is 13.6. The highest BCUT2D eigenvalue weighted by Crippen LogP contribution is 2.16. The number of carbonyl (C=O) groups excluding carboxylic acids is 4. The standard InChI is InChI=1S/C17H21N3O5/c18-17(24)25-14(8-11-4-2-1-3-5-11)16(23)20-13(10-21)9-12-6-7-19-15(12)22/h1-5,10,12-14H,6-9H2,(H2,18,24)(H,19,22)(H,20,23)/t12-,13-,14-/m0/s1. The number of aldehydes is 1. The Labute approximate surface area is 145 Å². The number of hydrogen-bond donors (Lipinski definition) is 3. The lowest BCUT2D eigenvalue weighted by Gasteiger charge is -2.20. The van der Waals surface area contributed by atoms with Gasteiger partial charge in [-0.2, -0.15) is 0 Å². The smallest absolute Gasteiger partial charge is 0.405 e. The molecule has 1 aliphatic heterocycles. The van der Waals surface area contributed by atoms with Crippen molar-refractivity contribution >= 4 is 24.2 Å². The van der Waals surface area contributed by atoms with Gasteiger partial charge in [0.1, 0.15) is 6.29 Å². The van der Waals surface area contributed by atoms with Gasteiger partial charge in [0.15, 0.2) is 6.10 Å². The summed E-state index contributed by atoms with van der Waals surface area (Å²) in [5.74, 6) is -1.08. The lowest BCUT2D eigenvalue weighted by molar-refractivity contribution is -0.132. The molecule has 4 N–H and O–H groups in total. The van der Waals surface area contributed by atoms with E-state index in [1.807, 2.05) is 6.07 Å². The van der Waals surface area contributed by atoms with Crippen molar-refractivity contribution in [2.24, 2.45) is 11.7 Å². The Bertz CT molecular complexity index is 634. The maximum absolute atomic E-state index is 12.4. The number of benzene rings is 1. The van der Waals surface area contributed by atoms with E-state index in [2.05, 4.69) is 10.6 Å². The van der Waals surface area contributed by atoms with E-state index in [-0.39, 0.29) is 24.7 Å². The zero-order valence-corrected chi connectivity index (χ0v) is 13.6. The Hall–Kier alpha value is -2.90. The molecule has 2 rings (SSSR count). The molecule has 0 spiro atoms. The fourth-order valence-corrected chi connectivity index (χ4v) is 2.76. The monoisotopic (exact) mass is 347 g/mol. The van der Waals surface area contributed by atoms with Crippen molar-refractivity contribution in [3.63, 3.8) is 0 Å². The predicted octanol–water partition coefficient (Wildman–Crippen LogP) is -0.0971. The summed E-state index contributed by atoms with van der Waals surface area (Å²) in [6, 6.07) is 8.14. The number of ether oxygens (including phenoxy) is 1. The molecule has 0 saturated carbocycles. The molecule has 0 aromatic heterocycles. The van der Waals surface area contributed by atoms with Crippen LogP contribution in [-0.2, 0) is 25.5 Å². The average molecular weight is 347 g/mol. The molecule has 0 unspecified atom stereocenters. The van der Waals surface area contributed by atoms with Gasteiger partial charge >= 0.3 is 6.09 Å². The lowest BCUT2D eigenvalue weighted by atomic mass is 9.98. The number of carbonyl (C=O) groups is 4. The zero-order chi connectivity index (χ0) is 18.2. The summed E-state index contributed by atoms with van der Waals surface area (Å²) in [4.78, 5) is 46.3. The quantitative estimate of drug-likeness (QED) is 0.566. The normalized spacial score (nSPS) is 18.7. The highest BCUT2D eigenvalue weighted by Gasteiger charge is 2.30. The molecule has 0 bridgehead atoms. The third-order valence-electron chi connectivity index (χ3n) is 4.01. The molecule has 8 nitrogen and oxygen atoms in total. The van der Waals surface area contributed by atoms with Crippen LogP contribution in [0, 0.1) is 5.92 Å². The summed E-state index contributed by atoms with van der Waals surface area (Å²) in [7, 11) is 0. The summed E-state index contributed by atoms with van der Waals surface area (Å²) >= 11 is 0. The fraction of sp³-hybridized carbons (Fsp3) is 0.412. The van der Waals surface area contributed by atoms with Crippen LogP contribution in [0.25, 0.3) is 0 Å². The van der Waals surface area contributed by atoms with Crippen LogP contribution < -0.4 is 16.4 Å². The van der Waals surface area contributed by atoms with Crippen molar-refractivity contribution in [1.29, 1.82) is 0 Å². The molecule has 134 valence electrons. The summed E-state index contributed by atoms with van der Waals surface area (Å²) in [5.41, 5.74) is 5.81. The third kappa shape index (κ3) is 5.59. The van der Waals surface area contributed by atoms with Crippen molar-refractivity contribution in [1.82, 2.24) is 10.6 Å². The van der Waals surface area contributed by atoms with Crippen LogP contribution in [0.3, 0.4) is 0 Å². The largest absolute Gasteiger partial charge is 0.436 e. The van der Waals surface area contributed by atoms with Gasteiger partial charge in [-0.05, 0) is 18.4 Å². The SMILES string of the molecule is NC(=O)O[C@@H](Cc1ccccc1)C(=O)N[C@H](C=O)C[C@@H]1CCNC1=O. The molecule has 1 fully saturated rings. The van der Waals surface area contributed by atoms with E-state index in [0.29, 0.717) is 19.3 Å². The Morgan fingerprint density at radius 1 is 1.36 bits per heavy atom. The minimum Gasteiger partial charge on any atom is -0.436 e. The number of rotatable bonds is 8. The second kappa shape index (κ2) is 8.81. The van der Waals surface area contributed by atoms with Gasteiger partial charge in [0.25, 0.3) is 5.91 Å². The number of amides is 3. The van der Waals surface area contributed by atoms with Crippen LogP contribution in [0.5, 0.6) is 0 Å². The average Bonchev–Trinajstić information content (AvgIpc) is 2.99. The molecule has 1 aromatic rings. The van der Waals surface area contributed by atoms with Crippen molar-refractivity contribution in [2.45, 2.75) is 31.4 Å². The van der Waals surface area contributed by atoms with E-state index < -0.39 is 24.1 Å². The Kier molecular flexibility index (Phi) is 6.50. The first-order chi connectivity index (χ1) is 12.0. The summed E-state index contributed by atoms with van der Waals surface area (Å²) in [6.07, 6.45) is -0.702. The lowest BCUT2D eigenvalue weighted by Crippen LogP contribution is -2.46. The summed E-state index contributed by atoms with van der Waals surface area (Å²) in [6.45, 7) is 0.560. The van der Waals surface area contributed by atoms with Crippen molar-refractivity contribution in [3.05, 3.63) is 35.9 Å². The minimum absolute atomic E-state index is 0.129. The Balaban J connectivity index is 2.00. The molecule has 3 amide bonds. The van der Waals surface area contributed by atoms with Crippen LogP contribution in [0.4, 0.5) is 4.79 Å². The molecule has 1 saturated heterocycles. The van der Waals surface area contributed by atoms with Crippen molar-refractivity contribution < 1.29 is 23.9 Å². The van der Waals surface area contributed by atoms with Gasteiger partial charge in [-0.25, -0.2) is 4.79 Å². The highest BCUT2D eigenvalue weighted by molar-refractivity contribution is 5.86. The van der Waals surface area contributed by atoms with Gasteiger partial charge in [0.2, 0.25) is 5.91 Å². The molecular formula is C17H21N3O5. The van der Waals surface area contributed by atoms with E-state index in [1.165, 1.54) is 0 Å². The number of nitrogens with two attached hydrogens (primary N) is 1. The predicted molar refractivity (Wildman–Crippen MR) is 88.3 cm³/mol. The van der Waals surface area contributed by atoms with E-state index in [9.17, 15) is 19.2 Å². The number of primary amides is 1. The molecule has 1 aromatic carbocycles. The van der Waals surface area contributed by atoms with Crippen molar-refractivity contribution in [2.75, 3.05) is 6.54 Å². The summed E-state index contributed by atoms with van der Waals surface area (Å²) in [5, 5.41) is 5.20. The van der Waals surface area contributed by atoms with E-state index >= 15 is 0 Å². The number of hydrogen-bond acceptors (Lipinski definition) is 5. The van der Waals surface area contributed by atoms with Crippen molar-refractivity contribution in [3.8, 4) is 0 Å². The van der Waals surface area contributed by atoms with E-state index in [4.69, 9.17) is 10.5 Å². The van der Waals surface area contributed by atoms with Crippen LogP contribution in [0.2, 0.25) is 0 Å². The molecule has 0 aliphatic carbocycles. The summed E-state index contributed by atoms with van der Waals surface area (Å²) < 4.78 is 4.88. The first-order valence-electron chi connectivity index (χ1n) is 8.03. The van der Waals surface area contributed by atoms with Gasteiger partial charge in [-0.15, -0.1) is 0 Å². The van der Waals surface area contributed by atoms with Gasteiger partial charge in [0, 0.05) is 18.9 Å². The second-order valence-electron chi connectivity index (χ2n) is 5.88. The van der Waals surface area contributed by atoms with Gasteiger partial charge in [0.05, 0.1) is 6.04 Å². The van der Waals surface area contributed by atoms with Crippen LogP contribution in [0.15, 0.2) is 30.3 Å². The van der Waals surface area contributed by atoms with E-state index in [1.54, 1.807) is 24.3 Å². The Morgan fingerprint density at radius 2 is 2.08 bits per heavy atom. The molecule has 1 aliphatic rings. The van der Waals surface area contributed by atoms with Crippen LogP contribution in [-0.4, -0.2) is 42.9 Å². The van der Waals surface area contributed by atoms with E-state index in [0.717, 1.165) is 5.56 Å². The number of nitrogens with one attached hydrogen (secondary N) is 2. The maximum Gasteiger partial charge on any atom is 0.405 e. The molecule has 1 heterocycles. The van der Waals surface area contributed by atoms with Gasteiger partial charge in [-0.1, -0.05) is 30.3 Å². The maximum atomic E-state index is 12.4. The highest BCUT2D eigenvalue weighted by atomic mass is 16.6. The first-order valence-corrected chi connectivity index (χ1v) is 8.03.